The minimum Gasteiger partial charge on any atom is -0.444 e. The molecule has 32 heavy (non-hydrogen) atoms. The second kappa shape index (κ2) is 12.6. The summed E-state index contributed by atoms with van der Waals surface area (Å²) < 4.78 is 16.6. The molecule has 7 nitrogen and oxygen atoms in total. The molecular formula is C25H32N4O3. The number of aromatic nitrogens is 1. The van der Waals surface area contributed by atoms with Crippen LogP contribution >= 0.6 is 0 Å². The molecule has 0 amide bonds. The maximum absolute atomic E-state index is 5.65. The van der Waals surface area contributed by atoms with Crippen LogP contribution in [0, 0.1) is 6.92 Å². The van der Waals surface area contributed by atoms with Gasteiger partial charge in [-0.05, 0) is 37.1 Å². The van der Waals surface area contributed by atoms with E-state index in [4.69, 9.17) is 13.9 Å². The van der Waals surface area contributed by atoms with E-state index in [2.05, 4.69) is 45.7 Å². The maximum atomic E-state index is 5.65. The monoisotopic (exact) mass is 436 g/mol. The average molecular weight is 437 g/mol. The Balaban J connectivity index is 1.45. The Morgan fingerprint density at radius 1 is 1.00 bits per heavy atom. The van der Waals surface area contributed by atoms with Crippen LogP contribution in [-0.2, 0) is 29.2 Å². The summed E-state index contributed by atoms with van der Waals surface area (Å²) in [6.45, 7) is 7.71. The molecule has 0 atom stereocenters. The summed E-state index contributed by atoms with van der Waals surface area (Å²) in [6, 6.07) is 16.4. The zero-order valence-corrected chi connectivity index (χ0v) is 19.1. The molecule has 0 spiro atoms. The average Bonchev–Trinajstić information content (AvgIpc) is 3.29. The number of ether oxygens (including phenoxy) is 2. The van der Waals surface area contributed by atoms with Crippen molar-refractivity contribution in [2.45, 2.75) is 33.5 Å². The lowest BCUT2D eigenvalue weighted by atomic mass is 10.1. The lowest BCUT2D eigenvalue weighted by molar-refractivity contribution is 0.0453. The SMILES string of the molecule is CCOCCOCc1cccc(CNC(=NC)NCc2coc(-c3ccc(C)cc3)n2)c1. The van der Waals surface area contributed by atoms with Gasteiger partial charge in [0.1, 0.15) is 6.26 Å². The molecule has 0 aliphatic heterocycles. The van der Waals surface area contributed by atoms with Crippen LogP contribution in [0.4, 0.5) is 0 Å². The van der Waals surface area contributed by atoms with Crippen LogP contribution in [0.3, 0.4) is 0 Å². The number of oxazole rings is 1. The summed E-state index contributed by atoms with van der Waals surface area (Å²) in [5, 5.41) is 6.61. The molecule has 0 aliphatic carbocycles. The van der Waals surface area contributed by atoms with Crippen molar-refractivity contribution in [3.05, 3.63) is 77.2 Å². The number of guanidine groups is 1. The van der Waals surface area contributed by atoms with Crippen molar-refractivity contribution < 1.29 is 13.9 Å². The number of rotatable bonds is 11. The van der Waals surface area contributed by atoms with Crippen molar-refractivity contribution in [2.24, 2.45) is 4.99 Å². The highest BCUT2D eigenvalue weighted by Crippen LogP contribution is 2.19. The van der Waals surface area contributed by atoms with E-state index in [1.807, 2.05) is 37.3 Å². The molecule has 3 rings (SSSR count). The molecule has 0 unspecified atom stereocenters. The van der Waals surface area contributed by atoms with Crippen molar-refractivity contribution in [3.63, 3.8) is 0 Å². The van der Waals surface area contributed by atoms with Gasteiger partial charge in [0.05, 0.1) is 32.1 Å². The fraction of sp³-hybridized carbons (Fsp3) is 0.360. The van der Waals surface area contributed by atoms with E-state index >= 15 is 0 Å². The molecule has 0 aliphatic rings. The molecule has 0 radical (unpaired) electrons. The standard InChI is InChI=1S/C25H32N4O3/c1-4-30-12-13-31-17-21-7-5-6-20(14-21)15-27-25(26-3)28-16-23-18-32-24(29-23)22-10-8-19(2)9-11-22/h5-11,14,18H,4,12-13,15-17H2,1-3H3,(H2,26,27,28). The lowest BCUT2D eigenvalue weighted by Gasteiger charge is -2.12. The molecule has 2 N–H and O–H groups in total. The summed E-state index contributed by atoms with van der Waals surface area (Å²) in [4.78, 5) is 8.85. The van der Waals surface area contributed by atoms with Gasteiger partial charge in [0.15, 0.2) is 5.96 Å². The molecule has 1 heterocycles. The van der Waals surface area contributed by atoms with Crippen LogP contribution in [0.2, 0.25) is 0 Å². The van der Waals surface area contributed by atoms with Crippen molar-refractivity contribution >= 4 is 5.96 Å². The van der Waals surface area contributed by atoms with Crippen LogP contribution in [0.5, 0.6) is 0 Å². The van der Waals surface area contributed by atoms with Gasteiger partial charge in [-0.1, -0.05) is 42.0 Å². The van der Waals surface area contributed by atoms with Gasteiger partial charge in [-0.3, -0.25) is 4.99 Å². The number of hydrogen-bond acceptors (Lipinski definition) is 5. The van der Waals surface area contributed by atoms with Gasteiger partial charge in [0, 0.05) is 25.8 Å². The van der Waals surface area contributed by atoms with E-state index in [0.29, 0.717) is 51.4 Å². The third-order valence-corrected chi connectivity index (χ3v) is 4.81. The van der Waals surface area contributed by atoms with Gasteiger partial charge in [-0.25, -0.2) is 4.98 Å². The second-order valence-electron chi connectivity index (χ2n) is 7.36. The predicted octanol–water partition coefficient (Wildman–Crippen LogP) is 4.07. The van der Waals surface area contributed by atoms with E-state index in [1.54, 1.807) is 13.3 Å². The molecule has 2 aromatic carbocycles. The van der Waals surface area contributed by atoms with E-state index in [9.17, 15) is 0 Å². The van der Waals surface area contributed by atoms with Crippen molar-refractivity contribution in [2.75, 3.05) is 26.9 Å². The Bertz CT molecular complexity index is 983. The largest absolute Gasteiger partial charge is 0.444 e. The third kappa shape index (κ3) is 7.51. The summed E-state index contributed by atoms with van der Waals surface area (Å²) in [6.07, 6.45) is 1.67. The molecule has 1 aromatic heterocycles. The summed E-state index contributed by atoms with van der Waals surface area (Å²) in [5.41, 5.74) is 5.27. The fourth-order valence-corrected chi connectivity index (χ4v) is 3.08. The Kier molecular flexibility index (Phi) is 9.28. The Labute approximate surface area is 189 Å². The zero-order valence-electron chi connectivity index (χ0n) is 19.1. The number of aliphatic imine (C=N–C) groups is 1. The lowest BCUT2D eigenvalue weighted by Crippen LogP contribution is -2.36. The van der Waals surface area contributed by atoms with Gasteiger partial charge < -0.3 is 24.5 Å². The first-order valence-corrected chi connectivity index (χ1v) is 10.9. The Morgan fingerprint density at radius 2 is 1.75 bits per heavy atom. The smallest absolute Gasteiger partial charge is 0.226 e. The molecule has 0 saturated heterocycles. The molecule has 0 fully saturated rings. The fourth-order valence-electron chi connectivity index (χ4n) is 3.08. The number of benzene rings is 2. The third-order valence-electron chi connectivity index (χ3n) is 4.81. The van der Waals surface area contributed by atoms with Crippen LogP contribution in [0.15, 0.2) is 64.2 Å². The summed E-state index contributed by atoms with van der Waals surface area (Å²) in [5.74, 6) is 1.31. The second-order valence-corrected chi connectivity index (χ2v) is 7.36. The zero-order chi connectivity index (χ0) is 22.6. The van der Waals surface area contributed by atoms with Crippen molar-refractivity contribution in [1.29, 1.82) is 0 Å². The van der Waals surface area contributed by atoms with Crippen molar-refractivity contribution in [1.82, 2.24) is 15.6 Å². The van der Waals surface area contributed by atoms with Crippen molar-refractivity contribution in [3.8, 4) is 11.5 Å². The minimum absolute atomic E-state index is 0.517. The quantitative estimate of drug-likeness (QED) is 0.268. The highest BCUT2D eigenvalue weighted by Gasteiger charge is 2.07. The summed E-state index contributed by atoms with van der Waals surface area (Å²) >= 11 is 0. The maximum Gasteiger partial charge on any atom is 0.226 e. The number of aryl methyl sites for hydroxylation is 1. The molecule has 0 bridgehead atoms. The molecule has 7 heteroatoms. The van der Waals surface area contributed by atoms with Gasteiger partial charge >= 0.3 is 0 Å². The first-order valence-electron chi connectivity index (χ1n) is 10.9. The number of nitrogens with zero attached hydrogens (tertiary/aromatic N) is 2. The van der Waals surface area contributed by atoms with Gasteiger partial charge in [0.2, 0.25) is 5.89 Å². The number of hydrogen-bond donors (Lipinski definition) is 2. The topological polar surface area (TPSA) is 80.9 Å². The first kappa shape index (κ1) is 23.5. The molecule has 3 aromatic rings. The summed E-state index contributed by atoms with van der Waals surface area (Å²) in [7, 11) is 1.75. The van der Waals surface area contributed by atoms with Crippen LogP contribution in [0.25, 0.3) is 11.5 Å². The van der Waals surface area contributed by atoms with Gasteiger partial charge in [-0.15, -0.1) is 0 Å². The van der Waals surface area contributed by atoms with E-state index in [1.165, 1.54) is 5.56 Å². The molecule has 0 saturated carbocycles. The van der Waals surface area contributed by atoms with Crippen LogP contribution in [-0.4, -0.2) is 37.8 Å². The minimum atomic E-state index is 0.517. The number of nitrogens with one attached hydrogen (secondary N) is 2. The van der Waals surface area contributed by atoms with E-state index < -0.39 is 0 Å². The first-order chi connectivity index (χ1) is 15.7. The van der Waals surface area contributed by atoms with Gasteiger partial charge in [-0.2, -0.15) is 0 Å². The normalized spacial score (nSPS) is 11.5. The highest BCUT2D eigenvalue weighted by atomic mass is 16.5. The van der Waals surface area contributed by atoms with E-state index in [0.717, 1.165) is 22.4 Å². The predicted molar refractivity (Wildman–Crippen MR) is 126 cm³/mol. The molecular weight excluding hydrogens is 404 g/mol. The highest BCUT2D eigenvalue weighted by molar-refractivity contribution is 5.79. The molecule has 170 valence electrons. The Hall–Kier alpha value is -3.16. The Morgan fingerprint density at radius 3 is 2.53 bits per heavy atom. The van der Waals surface area contributed by atoms with Crippen LogP contribution < -0.4 is 10.6 Å². The van der Waals surface area contributed by atoms with E-state index in [-0.39, 0.29) is 0 Å². The van der Waals surface area contributed by atoms with Gasteiger partial charge in [0.25, 0.3) is 0 Å². The van der Waals surface area contributed by atoms with Crippen LogP contribution in [0.1, 0.15) is 29.3 Å².